The van der Waals surface area contributed by atoms with E-state index in [-0.39, 0.29) is 11.2 Å². The number of H-pyrrole nitrogens is 1. The van der Waals surface area contributed by atoms with Crippen molar-refractivity contribution >= 4 is 28.6 Å². The maximum absolute atomic E-state index is 11.7. The molecule has 1 N–H and O–H groups in total. The summed E-state index contributed by atoms with van der Waals surface area (Å²) < 4.78 is 10.4. The van der Waals surface area contributed by atoms with E-state index in [2.05, 4.69) is 15.0 Å². The molecular weight excluding hydrogens is 294 g/mol. The highest BCUT2D eigenvalue weighted by Crippen LogP contribution is 2.29. The summed E-state index contributed by atoms with van der Waals surface area (Å²) in [6, 6.07) is 8.47. The Morgan fingerprint density at radius 1 is 1.24 bits per heavy atom. The van der Waals surface area contributed by atoms with Crippen LogP contribution in [0.3, 0.4) is 0 Å². The van der Waals surface area contributed by atoms with Crippen LogP contribution in [0.15, 0.2) is 36.5 Å². The molecule has 0 saturated carbocycles. The number of carbonyl (C=O) groups is 1. The number of hydrogen-bond acceptors (Lipinski definition) is 5. The Morgan fingerprint density at radius 2 is 2.05 bits per heavy atom. The van der Waals surface area contributed by atoms with Gasteiger partial charge in [-0.15, -0.1) is 0 Å². The van der Waals surface area contributed by atoms with Crippen LogP contribution in [-0.2, 0) is 4.74 Å². The minimum atomic E-state index is -0.492. The Hall–Kier alpha value is -2.60. The molecule has 0 unspecified atom stereocenters. The molecule has 2 aromatic heterocycles. The molecule has 0 spiro atoms. The summed E-state index contributed by atoms with van der Waals surface area (Å²) in [6.07, 6.45) is 1.70. The smallest absolute Gasteiger partial charge is 0.341 e. The van der Waals surface area contributed by atoms with Gasteiger partial charge in [-0.25, -0.2) is 9.78 Å². The summed E-state index contributed by atoms with van der Waals surface area (Å²) in [4.78, 5) is 22.8. The van der Waals surface area contributed by atoms with Gasteiger partial charge < -0.3 is 14.5 Å². The monoisotopic (exact) mass is 303 g/mol. The van der Waals surface area contributed by atoms with Crippen LogP contribution in [0.4, 0.5) is 0 Å². The van der Waals surface area contributed by atoms with Gasteiger partial charge in [0.25, 0.3) is 0 Å². The number of nitrogens with zero attached hydrogens (tertiary/aromatic N) is 2. The molecule has 0 aliphatic rings. The molecule has 0 amide bonds. The number of nitrogens with one attached hydrogen (secondary N) is 1. The van der Waals surface area contributed by atoms with Crippen molar-refractivity contribution in [3.05, 3.63) is 47.4 Å². The van der Waals surface area contributed by atoms with Gasteiger partial charge in [-0.05, 0) is 29.8 Å². The molecule has 0 saturated heterocycles. The fourth-order valence-electron chi connectivity index (χ4n) is 1.90. The molecular formula is C14H10ClN3O3. The van der Waals surface area contributed by atoms with Crippen molar-refractivity contribution in [1.82, 2.24) is 15.0 Å². The van der Waals surface area contributed by atoms with Gasteiger partial charge in [0.05, 0.1) is 12.6 Å². The highest BCUT2D eigenvalue weighted by Gasteiger charge is 2.16. The number of hydrogen-bond donors (Lipinski definition) is 1. The predicted octanol–water partition coefficient (Wildman–Crippen LogP) is 3.19. The number of halogens is 1. The van der Waals surface area contributed by atoms with E-state index < -0.39 is 5.97 Å². The number of rotatable bonds is 3. The van der Waals surface area contributed by atoms with E-state index in [0.717, 1.165) is 0 Å². The Morgan fingerprint density at radius 3 is 2.86 bits per heavy atom. The highest BCUT2D eigenvalue weighted by molar-refractivity contribution is 6.28. The lowest BCUT2D eigenvalue weighted by Crippen LogP contribution is -2.04. The van der Waals surface area contributed by atoms with Gasteiger partial charge >= 0.3 is 5.97 Å². The van der Waals surface area contributed by atoms with Crippen LogP contribution in [0.25, 0.3) is 11.0 Å². The Labute approximate surface area is 124 Å². The van der Waals surface area contributed by atoms with E-state index in [9.17, 15) is 4.79 Å². The van der Waals surface area contributed by atoms with E-state index in [1.165, 1.54) is 7.11 Å². The Bertz CT molecular complexity index is 816. The van der Waals surface area contributed by atoms with Crippen LogP contribution < -0.4 is 4.74 Å². The zero-order valence-electron chi connectivity index (χ0n) is 11.0. The lowest BCUT2D eigenvalue weighted by Gasteiger charge is -2.09. The first-order chi connectivity index (χ1) is 10.2. The largest absolute Gasteiger partial charge is 0.465 e. The van der Waals surface area contributed by atoms with Gasteiger partial charge in [-0.3, -0.25) is 0 Å². The van der Waals surface area contributed by atoms with Gasteiger partial charge in [0.1, 0.15) is 16.8 Å². The number of benzene rings is 1. The van der Waals surface area contributed by atoms with Crippen molar-refractivity contribution in [1.29, 1.82) is 0 Å². The Balaban J connectivity index is 2.07. The number of carbonyl (C=O) groups excluding carboxylic acids is 1. The normalized spacial score (nSPS) is 10.6. The minimum absolute atomic E-state index is 0.0626. The summed E-state index contributed by atoms with van der Waals surface area (Å²) >= 11 is 5.87. The molecule has 7 heteroatoms. The van der Waals surface area contributed by atoms with E-state index in [1.807, 2.05) is 0 Å². The van der Waals surface area contributed by atoms with E-state index >= 15 is 0 Å². The molecule has 0 bridgehead atoms. The molecule has 3 aromatic rings. The average molecular weight is 304 g/mol. The summed E-state index contributed by atoms with van der Waals surface area (Å²) in [5, 5.41) is 0.0626. The number of aromatic nitrogens is 3. The van der Waals surface area contributed by atoms with Crippen LogP contribution in [0.2, 0.25) is 5.28 Å². The van der Waals surface area contributed by atoms with Gasteiger partial charge in [-0.1, -0.05) is 12.1 Å². The minimum Gasteiger partial charge on any atom is -0.465 e. The lowest BCUT2D eigenvalue weighted by atomic mass is 10.2. The molecule has 0 atom stereocenters. The standard InChI is InChI=1S/C14H10ClN3O3/c1-20-13(19)8-4-2-3-5-10(8)21-12-11-9(6-7-16-11)17-14(15)18-12/h2-7,16H,1H3. The van der Waals surface area contributed by atoms with Gasteiger partial charge in [-0.2, -0.15) is 4.98 Å². The molecule has 0 radical (unpaired) electrons. The Kier molecular flexibility index (Phi) is 3.45. The van der Waals surface area contributed by atoms with Crippen molar-refractivity contribution in [2.75, 3.05) is 7.11 Å². The van der Waals surface area contributed by atoms with E-state index in [4.69, 9.17) is 21.1 Å². The first kappa shape index (κ1) is 13.4. The van der Waals surface area contributed by atoms with Crippen molar-refractivity contribution in [2.24, 2.45) is 0 Å². The number of ether oxygens (including phenoxy) is 2. The van der Waals surface area contributed by atoms with Gasteiger partial charge in [0.2, 0.25) is 11.2 Å². The molecule has 2 heterocycles. The number of esters is 1. The second-order valence-electron chi connectivity index (χ2n) is 4.13. The van der Waals surface area contributed by atoms with Crippen LogP contribution in [0.5, 0.6) is 11.6 Å². The molecule has 0 aliphatic carbocycles. The number of methoxy groups -OCH3 is 1. The van der Waals surface area contributed by atoms with Crippen LogP contribution in [0.1, 0.15) is 10.4 Å². The topological polar surface area (TPSA) is 77.1 Å². The summed E-state index contributed by atoms with van der Waals surface area (Å²) in [6.45, 7) is 0. The predicted molar refractivity (Wildman–Crippen MR) is 76.8 cm³/mol. The quantitative estimate of drug-likeness (QED) is 0.594. The van der Waals surface area contributed by atoms with Crippen molar-refractivity contribution in [3.8, 4) is 11.6 Å². The number of aromatic amines is 1. The van der Waals surface area contributed by atoms with Gasteiger partial charge in [0, 0.05) is 6.20 Å². The summed E-state index contributed by atoms with van der Waals surface area (Å²) in [5.41, 5.74) is 1.52. The average Bonchev–Trinajstić information content (AvgIpc) is 2.95. The summed E-state index contributed by atoms with van der Waals surface area (Å²) in [7, 11) is 1.31. The first-order valence-corrected chi connectivity index (χ1v) is 6.42. The molecule has 1 aromatic carbocycles. The molecule has 3 rings (SSSR count). The fourth-order valence-corrected chi connectivity index (χ4v) is 2.07. The highest BCUT2D eigenvalue weighted by atomic mass is 35.5. The molecule has 6 nitrogen and oxygen atoms in total. The van der Waals surface area contributed by atoms with Crippen molar-refractivity contribution in [3.63, 3.8) is 0 Å². The fraction of sp³-hybridized carbons (Fsp3) is 0.0714. The maximum Gasteiger partial charge on any atom is 0.341 e. The van der Waals surface area contributed by atoms with Gasteiger partial charge in [0.15, 0.2) is 0 Å². The zero-order chi connectivity index (χ0) is 14.8. The van der Waals surface area contributed by atoms with Crippen molar-refractivity contribution < 1.29 is 14.3 Å². The molecule has 21 heavy (non-hydrogen) atoms. The third-order valence-electron chi connectivity index (χ3n) is 2.84. The summed E-state index contributed by atoms with van der Waals surface area (Å²) in [5.74, 6) is 0.0786. The van der Waals surface area contributed by atoms with E-state index in [1.54, 1.807) is 36.5 Å². The maximum atomic E-state index is 11.7. The number of fused-ring (bicyclic) bond motifs is 1. The SMILES string of the molecule is COC(=O)c1ccccc1Oc1nc(Cl)nc2cc[nH]c12. The second-order valence-corrected chi connectivity index (χ2v) is 4.46. The lowest BCUT2D eigenvalue weighted by molar-refractivity contribution is 0.0598. The first-order valence-electron chi connectivity index (χ1n) is 6.05. The molecule has 0 fully saturated rings. The molecule has 0 aliphatic heterocycles. The molecule has 106 valence electrons. The number of para-hydroxylation sites is 1. The van der Waals surface area contributed by atoms with Crippen LogP contribution >= 0.6 is 11.6 Å². The zero-order valence-corrected chi connectivity index (χ0v) is 11.7. The van der Waals surface area contributed by atoms with Crippen LogP contribution in [-0.4, -0.2) is 28.0 Å². The van der Waals surface area contributed by atoms with E-state index in [0.29, 0.717) is 22.3 Å². The van der Waals surface area contributed by atoms with Crippen molar-refractivity contribution in [2.45, 2.75) is 0 Å². The third-order valence-corrected chi connectivity index (χ3v) is 3.01. The third kappa shape index (κ3) is 2.53. The second kappa shape index (κ2) is 5.41. The van der Waals surface area contributed by atoms with Crippen LogP contribution in [0, 0.1) is 0 Å².